The van der Waals surface area contributed by atoms with Gasteiger partial charge in [0.2, 0.25) is 0 Å². The lowest BCUT2D eigenvalue weighted by Gasteiger charge is -2.35. The molecule has 108 valence electrons. The Morgan fingerprint density at radius 2 is 2.10 bits per heavy atom. The predicted octanol–water partition coefficient (Wildman–Crippen LogP) is 2.68. The van der Waals surface area contributed by atoms with E-state index in [0.29, 0.717) is 12.0 Å². The number of benzene rings is 1. The first-order valence-corrected chi connectivity index (χ1v) is 6.90. The van der Waals surface area contributed by atoms with Gasteiger partial charge in [-0.1, -0.05) is 24.8 Å². The van der Waals surface area contributed by atoms with Gasteiger partial charge in [0.25, 0.3) is 5.91 Å². The summed E-state index contributed by atoms with van der Waals surface area (Å²) in [6.45, 7) is 6.23. The van der Waals surface area contributed by atoms with Gasteiger partial charge in [-0.05, 0) is 38.5 Å². The zero-order valence-electron chi connectivity index (χ0n) is 12.7. The minimum atomic E-state index is -0.171. The molecule has 1 N–H and O–H groups in total. The van der Waals surface area contributed by atoms with Crippen LogP contribution in [0.3, 0.4) is 0 Å². The van der Waals surface area contributed by atoms with Gasteiger partial charge < -0.3 is 10.0 Å². The molecule has 20 heavy (non-hydrogen) atoms. The molecule has 0 atom stereocenters. The largest absolute Gasteiger partial charge is 0.395 e. The molecule has 1 rings (SSSR count). The van der Waals surface area contributed by atoms with E-state index in [1.165, 1.54) is 0 Å². The Kier molecular flexibility index (Phi) is 5.79. The van der Waals surface area contributed by atoms with E-state index in [1.807, 2.05) is 25.2 Å². The smallest absolute Gasteiger partial charge is 0.254 e. The van der Waals surface area contributed by atoms with Crippen molar-refractivity contribution in [3.8, 4) is 11.8 Å². The number of nitrogens with zero attached hydrogens (tertiary/aromatic N) is 1. The fourth-order valence-corrected chi connectivity index (χ4v) is 1.66. The third-order valence-corrected chi connectivity index (χ3v) is 3.66. The average Bonchev–Trinajstić information content (AvgIpc) is 2.46. The van der Waals surface area contributed by atoms with Gasteiger partial charge in [0.15, 0.2) is 0 Å². The maximum Gasteiger partial charge on any atom is 0.254 e. The van der Waals surface area contributed by atoms with Crippen molar-refractivity contribution in [3.63, 3.8) is 0 Å². The molecule has 0 unspecified atom stereocenters. The summed E-state index contributed by atoms with van der Waals surface area (Å²) in [5, 5.41) is 8.71. The van der Waals surface area contributed by atoms with Crippen LogP contribution in [-0.2, 0) is 0 Å². The summed E-state index contributed by atoms with van der Waals surface area (Å²) in [4.78, 5) is 14.2. The summed E-state index contributed by atoms with van der Waals surface area (Å²) in [6.07, 6.45) is 1.34. The Bertz CT molecular complexity index is 523. The molecule has 0 saturated carbocycles. The van der Waals surface area contributed by atoms with Crippen LogP contribution in [0.2, 0.25) is 0 Å². The van der Waals surface area contributed by atoms with Crippen LogP contribution in [0, 0.1) is 11.8 Å². The standard InChI is InChI=1S/C17H23NO2/c1-5-17(2,3)18(4)16(20)15-11-8-10-14(13-15)9-6-7-12-19/h8,10-11,13,19H,5,7,12H2,1-4H3. The molecule has 0 saturated heterocycles. The van der Waals surface area contributed by atoms with Crippen molar-refractivity contribution in [2.75, 3.05) is 13.7 Å². The fourth-order valence-electron chi connectivity index (χ4n) is 1.66. The molecule has 0 fully saturated rings. The number of hydrogen-bond donors (Lipinski definition) is 1. The van der Waals surface area contributed by atoms with Crippen molar-refractivity contribution in [1.82, 2.24) is 4.90 Å². The lowest BCUT2D eigenvalue weighted by Crippen LogP contribution is -2.44. The zero-order valence-corrected chi connectivity index (χ0v) is 12.7. The van der Waals surface area contributed by atoms with E-state index in [1.54, 1.807) is 11.0 Å². The molecule has 1 aromatic rings. The lowest BCUT2D eigenvalue weighted by atomic mass is 9.98. The Hall–Kier alpha value is -1.79. The molecule has 1 amide bonds. The van der Waals surface area contributed by atoms with Crippen LogP contribution in [-0.4, -0.2) is 35.1 Å². The lowest BCUT2D eigenvalue weighted by molar-refractivity contribution is 0.0620. The highest BCUT2D eigenvalue weighted by Crippen LogP contribution is 2.19. The molecule has 0 aliphatic carbocycles. The highest BCUT2D eigenvalue weighted by molar-refractivity contribution is 5.94. The summed E-state index contributed by atoms with van der Waals surface area (Å²) in [5.41, 5.74) is 1.27. The summed E-state index contributed by atoms with van der Waals surface area (Å²) >= 11 is 0. The molecule has 0 aliphatic heterocycles. The zero-order chi connectivity index (χ0) is 15.2. The van der Waals surface area contributed by atoms with Gasteiger partial charge >= 0.3 is 0 Å². The minimum Gasteiger partial charge on any atom is -0.395 e. The Balaban J connectivity index is 2.95. The van der Waals surface area contributed by atoms with Crippen LogP contribution in [0.25, 0.3) is 0 Å². The Morgan fingerprint density at radius 3 is 2.70 bits per heavy atom. The van der Waals surface area contributed by atoms with E-state index >= 15 is 0 Å². The van der Waals surface area contributed by atoms with Crippen LogP contribution in [0.4, 0.5) is 0 Å². The second kappa shape index (κ2) is 7.12. The van der Waals surface area contributed by atoms with E-state index in [2.05, 4.69) is 32.6 Å². The number of hydrogen-bond acceptors (Lipinski definition) is 2. The number of amides is 1. The van der Waals surface area contributed by atoms with E-state index in [-0.39, 0.29) is 18.1 Å². The Labute approximate surface area is 121 Å². The quantitative estimate of drug-likeness (QED) is 0.857. The molecular weight excluding hydrogens is 250 g/mol. The van der Waals surface area contributed by atoms with Crippen LogP contribution < -0.4 is 0 Å². The van der Waals surface area contributed by atoms with Gasteiger partial charge in [0.1, 0.15) is 0 Å². The van der Waals surface area contributed by atoms with Gasteiger partial charge in [-0.2, -0.15) is 0 Å². The molecule has 0 bridgehead atoms. The molecule has 0 heterocycles. The van der Waals surface area contributed by atoms with Crippen LogP contribution in [0.15, 0.2) is 24.3 Å². The first-order chi connectivity index (χ1) is 9.42. The van der Waals surface area contributed by atoms with Crippen LogP contribution in [0.1, 0.15) is 49.5 Å². The van der Waals surface area contributed by atoms with E-state index < -0.39 is 0 Å². The molecule has 0 spiro atoms. The van der Waals surface area contributed by atoms with Crippen molar-refractivity contribution >= 4 is 5.91 Å². The second-order valence-corrected chi connectivity index (χ2v) is 5.39. The van der Waals surface area contributed by atoms with E-state index in [0.717, 1.165) is 12.0 Å². The van der Waals surface area contributed by atoms with Gasteiger partial charge in [-0.3, -0.25) is 4.79 Å². The summed E-state index contributed by atoms with van der Waals surface area (Å²) < 4.78 is 0. The van der Waals surface area contributed by atoms with Crippen molar-refractivity contribution in [2.24, 2.45) is 0 Å². The molecule has 3 heteroatoms. The number of aliphatic hydroxyl groups is 1. The van der Waals surface area contributed by atoms with Crippen molar-refractivity contribution < 1.29 is 9.90 Å². The second-order valence-electron chi connectivity index (χ2n) is 5.39. The molecule has 0 aromatic heterocycles. The van der Waals surface area contributed by atoms with Gasteiger partial charge in [-0.25, -0.2) is 0 Å². The topological polar surface area (TPSA) is 40.5 Å². The molecule has 0 radical (unpaired) electrons. The summed E-state index contributed by atoms with van der Waals surface area (Å²) in [7, 11) is 1.83. The number of aliphatic hydroxyl groups excluding tert-OH is 1. The SMILES string of the molecule is CCC(C)(C)N(C)C(=O)c1cccc(C#CCCO)c1. The maximum absolute atomic E-state index is 12.5. The van der Waals surface area contributed by atoms with Crippen LogP contribution >= 0.6 is 0 Å². The van der Waals surface area contributed by atoms with Gasteiger partial charge in [0, 0.05) is 30.1 Å². The number of carbonyl (C=O) groups is 1. The number of carbonyl (C=O) groups excluding carboxylic acids is 1. The van der Waals surface area contributed by atoms with Gasteiger partial charge in [0.05, 0.1) is 6.61 Å². The monoisotopic (exact) mass is 273 g/mol. The van der Waals surface area contributed by atoms with E-state index in [9.17, 15) is 4.79 Å². The first kappa shape index (κ1) is 16.3. The fraction of sp³-hybridized carbons (Fsp3) is 0.471. The van der Waals surface area contributed by atoms with Crippen molar-refractivity contribution in [3.05, 3.63) is 35.4 Å². The van der Waals surface area contributed by atoms with Crippen molar-refractivity contribution in [1.29, 1.82) is 0 Å². The Morgan fingerprint density at radius 1 is 1.40 bits per heavy atom. The third kappa shape index (κ3) is 4.11. The summed E-state index contributed by atoms with van der Waals surface area (Å²) in [6, 6.07) is 7.31. The van der Waals surface area contributed by atoms with Gasteiger partial charge in [-0.15, -0.1) is 0 Å². The first-order valence-electron chi connectivity index (χ1n) is 6.90. The predicted molar refractivity (Wildman–Crippen MR) is 81.5 cm³/mol. The molecule has 0 aliphatic rings. The normalized spacial score (nSPS) is 10.7. The minimum absolute atomic E-state index is 0.00246. The molecular formula is C17H23NO2. The van der Waals surface area contributed by atoms with Crippen molar-refractivity contribution in [2.45, 2.75) is 39.2 Å². The van der Waals surface area contributed by atoms with Crippen LogP contribution in [0.5, 0.6) is 0 Å². The maximum atomic E-state index is 12.5. The third-order valence-electron chi connectivity index (χ3n) is 3.66. The highest BCUT2D eigenvalue weighted by atomic mass is 16.2. The molecule has 3 nitrogen and oxygen atoms in total. The molecule has 1 aromatic carbocycles. The average molecular weight is 273 g/mol. The summed E-state index contributed by atoms with van der Waals surface area (Å²) in [5.74, 6) is 5.82. The number of rotatable bonds is 4. The van der Waals surface area contributed by atoms with E-state index in [4.69, 9.17) is 5.11 Å². The highest BCUT2D eigenvalue weighted by Gasteiger charge is 2.26.